The number of para-hydroxylation sites is 1. The SMILES string of the molecule is Cc1cccc(OCC(=O)N2CCCC(c3nc4ccccc4s3)C2)c1C. The van der Waals surface area contributed by atoms with Gasteiger partial charge in [0.05, 0.1) is 15.2 Å². The van der Waals surface area contributed by atoms with Gasteiger partial charge in [0.25, 0.3) is 5.91 Å². The van der Waals surface area contributed by atoms with Crippen molar-refractivity contribution in [2.24, 2.45) is 0 Å². The lowest BCUT2D eigenvalue weighted by atomic mass is 9.99. The summed E-state index contributed by atoms with van der Waals surface area (Å²) >= 11 is 1.75. The number of rotatable bonds is 4. The molecule has 1 amide bonds. The van der Waals surface area contributed by atoms with Gasteiger partial charge in [0.1, 0.15) is 5.75 Å². The van der Waals surface area contributed by atoms with E-state index in [1.165, 1.54) is 10.3 Å². The monoisotopic (exact) mass is 380 g/mol. The number of aromatic nitrogens is 1. The summed E-state index contributed by atoms with van der Waals surface area (Å²) in [6.07, 6.45) is 2.09. The van der Waals surface area contributed by atoms with E-state index in [-0.39, 0.29) is 12.5 Å². The van der Waals surface area contributed by atoms with Crippen molar-refractivity contribution in [1.29, 1.82) is 0 Å². The predicted molar refractivity (Wildman–Crippen MR) is 110 cm³/mol. The van der Waals surface area contributed by atoms with Gasteiger partial charge < -0.3 is 9.64 Å². The van der Waals surface area contributed by atoms with Crippen LogP contribution in [-0.2, 0) is 4.79 Å². The zero-order valence-corrected chi connectivity index (χ0v) is 16.6. The van der Waals surface area contributed by atoms with Crippen LogP contribution in [0.15, 0.2) is 42.5 Å². The number of nitrogens with zero attached hydrogens (tertiary/aromatic N) is 2. The first-order chi connectivity index (χ1) is 13.1. The van der Waals surface area contributed by atoms with Crippen LogP contribution in [0.1, 0.15) is 34.9 Å². The quantitative estimate of drug-likeness (QED) is 0.659. The molecule has 2 heterocycles. The third kappa shape index (κ3) is 3.83. The van der Waals surface area contributed by atoms with Gasteiger partial charge in [-0.15, -0.1) is 11.3 Å². The van der Waals surface area contributed by atoms with Crippen LogP contribution in [-0.4, -0.2) is 35.5 Å². The summed E-state index contributed by atoms with van der Waals surface area (Å²) in [4.78, 5) is 19.4. The number of benzene rings is 2. The van der Waals surface area contributed by atoms with E-state index >= 15 is 0 Å². The highest BCUT2D eigenvalue weighted by Crippen LogP contribution is 2.33. The van der Waals surface area contributed by atoms with Crippen LogP contribution in [0.3, 0.4) is 0 Å². The summed E-state index contributed by atoms with van der Waals surface area (Å²) in [6, 6.07) is 14.2. The molecule has 1 aliphatic heterocycles. The molecular weight excluding hydrogens is 356 g/mol. The highest BCUT2D eigenvalue weighted by Gasteiger charge is 2.27. The fraction of sp³-hybridized carbons (Fsp3) is 0.364. The molecule has 140 valence electrons. The van der Waals surface area contributed by atoms with Gasteiger partial charge in [0.2, 0.25) is 0 Å². The van der Waals surface area contributed by atoms with Gasteiger partial charge in [-0.1, -0.05) is 24.3 Å². The number of hydrogen-bond acceptors (Lipinski definition) is 4. The van der Waals surface area contributed by atoms with Crippen molar-refractivity contribution in [2.75, 3.05) is 19.7 Å². The van der Waals surface area contributed by atoms with Crippen molar-refractivity contribution in [3.8, 4) is 5.75 Å². The van der Waals surface area contributed by atoms with E-state index in [0.717, 1.165) is 47.8 Å². The highest BCUT2D eigenvalue weighted by atomic mass is 32.1. The summed E-state index contributed by atoms with van der Waals surface area (Å²) in [7, 11) is 0. The van der Waals surface area contributed by atoms with Crippen molar-refractivity contribution in [3.05, 3.63) is 58.6 Å². The first-order valence-electron chi connectivity index (χ1n) is 9.44. The molecule has 1 atom stereocenters. The Bertz CT molecular complexity index is 933. The molecule has 0 spiro atoms. The maximum Gasteiger partial charge on any atom is 0.260 e. The molecule has 1 aromatic heterocycles. The van der Waals surface area contributed by atoms with Crippen molar-refractivity contribution in [3.63, 3.8) is 0 Å². The first-order valence-corrected chi connectivity index (χ1v) is 10.3. The van der Waals surface area contributed by atoms with Crippen LogP contribution in [0.2, 0.25) is 0 Å². The second-order valence-corrected chi connectivity index (χ2v) is 8.25. The Kier molecular flexibility index (Phi) is 5.12. The van der Waals surface area contributed by atoms with Crippen LogP contribution in [0.4, 0.5) is 0 Å². The summed E-state index contributed by atoms with van der Waals surface area (Å²) in [6.45, 7) is 5.71. The molecule has 4 nitrogen and oxygen atoms in total. The molecule has 2 aromatic carbocycles. The zero-order chi connectivity index (χ0) is 18.8. The summed E-state index contributed by atoms with van der Waals surface area (Å²) in [5.41, 5.74) is 3.32. The van der Waals surface area contributed by atoms with Crippen molar-refractivity contribution in [1.82, 2.24) is 9.88 Å². The zero-order valence-electron chi connectivity index (χ0n) is 15.8. The average Bonchev–Trinajstić information content (AvgIpc) is 3.13. The maximum atomic E-state index is 12.7. The standard InChI is InChI=1S/C22H24N2O2S/c1-15-7-5-10-19(16(15)2)26-14-21(25)24-12-6-8-17(13-24)22-23-18-9-3-4-11-20(18)27-22/h3-5,7,9-11,17H,6,8,12-14H2,1-2H3. The van der Waals surface area contributed by atoms with E-state index in [0.29, 0.717) is 5.92 Å². The fourth-order valence-corrected chi connectivity index (χ4v) is 4.67. The number of carbonyl (C=O) groups excluding carboxylic acids is 1. The number of ether oxygens (including phenoxy) is 1. The maximum absolute atomic E-state index is 12.7. The molecular formula is C22H24N2O2S. The molecule has 1 unspecified atom stereocenters. The number of piperidine rings is 1. The molecule has 0 bridgehead atoms. The molecule has 0 aliphatic carbocycles. The number of amides is 1. The second-order valence-electron chi connectivity index (χ2n) is 7.19. The van der Waals surface area contributed by atoms with Gasteiger partial charge in [-0.05, 0) is 56.0 Å². The highest BCUT2D eigenvalue weighted by molar-refractivity contribution is 7.18. The minimum Gasteiger partial charge on any atom is -0.483 e. The Morgan fingerprint density at radius 2 is 2.07 bits per heavy atom. The molecule has 5 heteroatoms. The lowest BCUT2D eigenvalue weighted by Crippen LogP contribution is -2.41. The number of thiazole rings is 1. The van der Waals surface area contributed by atoms with Crippen LogP contribution in [0.25, 0.3) is 10.2 Å². The normalized spacial score (nSPS) is 17.3. The van der Waals surface area contributed by atoms with E-state index in [1.807, 2.05) is 36.1 Å². The Labute approximate surface area is 163 Å². The molecule has 1 fully saturated rings. The van der Waals surface area contributed by atoms with Crippen molar-refractivity contribution >= 4 is 27.5 Å². The minimum absolute atomic E-state index is 0.0571. The average molecular weight is 381 g/mol. The molecule has 0 saturated carbocycles. The van der Waals surface area contributed by atoms with Crippen LogP contribution in [0, 0.1) is 13.8 Å². The molecule has 27 heavy (non-hydrogen) atoms. The van der Waals surface area contributed by atoms with E-state index in [1.54, 1.807) is 11.3 Å². The van der Waals surface area contributed by atoms with Gasteiger partial charge >= 0.3 is 0 Å². The number of aryl methyl sites for hydroxylation is 1. The molecule has 1 saturated heterocycles. The van der Waals surface area contributed by atoms with Crippen molar-refractivity contribution < 1.29 is 9.53 Å². The Hall–Kier alpha value is -2.40. The Morgan fingerprint density at radius 1 is 1.22 bits per heavy atom. The molecule has 3 aromatic rings. The summed E-state index contributed by atoms with van der Waals surface area (Å²) in [5, 5.41) is 1.14. The van der Waals surface area contributed by atoms with Gasteiger partial charge in [-0.25, -0.2) is 4.98 Å². The van der Waals surface area contributed by atoms with Crippen LogP contribution < -0.4 is 4.74 Å². The molecule has 1 aliphatic rings. The Balaban J connectivity index is 1.41. The van der Waals surface area contributed by atoms with E-state index in [2.05, 4.69) is 25.1 Å². The number of carbonyl (C=O) groups is 1. The lowest BCUT2D eigenvalue weighted by molar-refractivity contribution is -0.134. The van der Waals surface area contributed by atoms with Gasteiger partial charge in [-0.3, -0.25) is 4.79 Å². The van der Waals surface area contributed by atoms with E-state index < -0.39 is 0 Å². The lowest BCUT2D eigenvalue weighted by Gasteiger charge is -2.31. The minimum atomic E-state index is 0.0571. The van der Waals surface area contributed by atoms with Crippen LogP contribution >= 0.6 is 11.3 Å². The van der Waals surface area contributed by atoms with Gasteiger partial charge in [0, 0.05) is 19.0 Å². The summed E-state index contributed by atoms with van der Waals surface area (Å²) in [5.74, 6) is 1.17. The van der Waals surface area contributed by atoms with E-state index in [4.69, 9.17) is 9.72 Å². The number of likely N-dealkylation sites (tertiary alicyclic amines) is 1. The predicted octanol–water partition coefficient (Wildman–Crippen LogP) is 4.70. The Morgan fingerprint density at radius 3 is 2.93 bits per heavy atom. The largest absolute Gasteiger partial charge is 0.483 e. The second kappa shape index (κ2) is 7.69. The number of hydrogen-bond donors (Lipinski definition) is 0. The first kappa shape index (κ1) is 18.0. The fourth-order valence-electron chi connectivity index (χ4n) is 3.58. The number of fused-ring (bicyclic) bond motifs is 1. The molecule has 0 N–H and O–H groups in total. The smallest absolute Gasteiger partial charge is 0.260 e. The summed E-state index contributed by atoms with van der Waals surface area (Å²) < 4.78 is 7.03. The molecule has 0 radical (unpaired) electrons. The third-order valence-electron chi connectivity index (χ3n) is 5.34. The van der Waals surface area contributed by atoms with Crippen LogP contribution in [0.5, 0.6) is 5.75 Å². The van der Waals surface area contributed by atoms with Gasteiger partial charge in [0.15, 0.2) is 6.61 Å². The molecule has 4 rings (SSSR count). The van der Waals surface area contributed by atoms with Gasteiger partial charge in [-0.2, -0.15) is 0 Å². The third-order valence-corrected chi connectivity index (χ3v) is 6.54. The van der Waals surface area contributed by atoms with Crippen molar-refractivity contribution in [2.45, 2.75) is 32.6 Å². The van der Waals surface area contributed by atoms with E-state index in [9.17, 15) is 4.79 Å². The topological polar surface area (TPSA) is 42.4 Å².